The van der Waals surface area contributed by atoms with Gasteiger partial charge in [-0.15, -0.1) is 0 Å². The van der Waals surface area contributed by atoms with Crippen molar-refractivity contribution < 1.29 is 31.6 Å². The minimum Gasteiger partial charge on any atom is -1.00 e. The van der Waals surface area contributed by atoms with Gasteiger partial charge in [0, 0.05) is 0 Å². The number of hydrogen-bond acceptors (Lipinski definition) is 4. The predicted molar refractivity (Wildman–Crippen MR) is 18.2 cm³/mol. The zero-order valence-corrected chi connectivity index (χ0v) is 8.57. The summed E-state index contributed by atoms with van der Waals surface area (Å²) < 4.78 is 0. The second-order valence-corrected chi connectivity index (χ2v) is 1.72. The van der Waals surface area contributed by atoms with Crippen LogP contribution in [0.1, 0.15) is 0 Å². The van der Waals surface area contributed by atoms with Gasteiger partial charge in [0.1, 0.15) is 0 Å². The van der Waals surface area contributed by atoms with E-state index in [-0.39, 0.29) is 57.9 Å². The summed E-state index contributed by atoms with van der Waals surface area (Å²) in [6.07, 6.45) is 0. The molecule has 40 valence electrons. The third-order valence-corrected chi connectivity index (χ3v) is 0. The second kappa shape index (κ2) is 5.96. The molecule has 0 aliphatic heterocycles. The van der Waals surface area contributed by atoms with Crippen LogP contribution in [-0.4, -0.2) is 68.9 Å². The molecule has 7 heteroatoms. The first-order valence-corrected chi connectivity index (χ1v) is 2.62. The van der Waals surface area contributed by atoms with Crippen LogP contribution >= 0.6 is 0 Å². The fraction of sp³-hybridized carbons (Fsp3) is 0. The Morgan fingerprint density at radius 3 is 1.14 bits per heavy atom. The minimum atomic E-state index is -4.86. The molecule has 0 saturated carbocycles. The first-order chi connectivity index (χ1) is 2.00. The van der Waals surface area contributed by atoms with Crippen molar-refractivity contribution in [3.8, 4) is 0 Å². The summed E-state index contributed by atoms with van der Waals surface area (Å²) in [7, 11) is -4.86. The second-order valence-electron chi connectivity index (χ2n) is 0.574. The van der Waals surface area contributed by atoms with Gasteiger partial charge in [-0.05, 0) is 0 Å². The summed E-state index contributed by atoms with van der Waals surface area (Å²) in [5.41, 5.74) is 0. The fourth-order valence-corrected chi connectivity index (χ4v) is 0. The Bertz CT molecular complexity index is 27.2. The van der Waals surface area contributed by atoms with E-state index in [1.807, 2.05) is 0 Å². The number of rotatable bonds is 0. The maximum absolute atomic E-state index is 8.91. The molecule has 4 nitrogen and oxygen atoms in total. The SMILES string of the molecule is [Cl-].[O-][Si](O)(O)O.[Sr+2]. The van der Waals surface area contributed by atoms with Crippen LogP contribution in [0.15, 0.2) is 0 Å². The maximum atomic E-state index is 8.91. The molecule has 0 aromatic carbocycles. The van der Waals surface area contributed by atoms with E-state index in [2.05, 4.69) is 0 Å². The molecule has 0 heterocycles. The van der Waals surface area contributed by atoms with E-state index in [0.717, 1.165) is 0 Å². The first kappa shape index (κ1) is 15.9. The Balaban J connectivity index is -0.0000000800. The molecule has 0 fully saturated rings. The van der Waals surface area contributed by atoms with Gasteiger partial charge in [-0.2, -0.15) is 0 Å². The molecule has 0 rings (SSSR count). The molecule has 0 unspecified atom stereocenters. The van der Waals surface area contributed by atoms with E-state index in [4.69, 9.17) is 19.2 Å². The standard InChI is InChI=1S/ClH.H3O4Si.Sr/c;1-5(2,3)4;/h1H;1-3H;/q;-1;+2/p-1. The van der Waals surface area contributed by atoms with Crippen LogP contribution in [0.4, 0.5) is 0 Å². The fourth-order valence-electron chi connectivity index (χ4n) is 0. The zero-order chi connectivity index (χ0) is 4.50. The molecule has 0 aliphatic rings. The largest absolute Gasteiger partial charge is 2.00 e. The van der Waals surface area contributed by atoms with Crippen molar-refractivity contribution in [2.45, 2.75) is 0 Å². The van der Waals surface area contributed by atoms with Gasteiger partial charge < -0.3 is 31.6 Å². The van der Waals surface area contributed by atoms with Crippen LogP contribution in [0.3, 0.4) is 0 Å². The monoisotopic (exact) mass is 218 g/mol. The van der Waals surface area contributed by atoms with Gasteiger partial charge >= 0.3 is 54.5 Å². The molecule has 0 spiro atoms. The van der Waals surface area contributed by atoms with Crippen molar-refractivity contribution in [3.63, 3.8) is 0 Å². The van der Waals surface area contributed by atoms with Crippen LogP contribution in [0.5, 0.6) is 0 Å². The Kier molecular flexibility index (Phi) is 13.5. The van der Waals surface area contributed by atoms with Gasteiger partial charge in [-0.3, -0.25) is 0 Å². The first-order valence-electron chi connectivity index (χ1n) is 0.875. The van der Waals surface area contributed by atoms with Crippen molar-refractivity contribution >= 4 is 54.5 Å². The quantitative estimate of drug-likeness (QED) is 0.353. The third kappa shape index (κ3) is 79.6. The van der Waals surface area contributed by atoms with E-state index in [0.29, 0.717) is 0 Å². The van der Waals surface area contributed by atoms with Crippen LogP contribution in [0, 0.1) is 0 Å². The molecular formula is H3ClO4SiSr. The topological polar surface area (TPSA) is 83.8 Å². The average molecular weight is 218 g/mol. The van der Waals surface area contributed by atoms with Gasteiger partial charge in [0.15, 0.2) is 0 Å². The van der Waals surface area contributed by atoms with Gasteiger partial charge in [0.05, 0.1) is 0 Å². The van der Waals surface area contributed by atoms with Crippen molar-refractivity contribution in [3.05, 3.63) is 0 Å². The van der Waals surface area contributed by atoms with Gasteiger partial charge in [-0.25, -0.2) is 0 Å². The molecule has 0 amide bonds. The molecule has 0 radical (unpaired) electrons. The molecule has 3 N–H and O–H groups in total. The summed E-state index contributed by atoms with van der Waals surface area (Å²) in [4.78, 5) is 30.6. The minimum absolute atomic E-state index is 0. The summed E-state index contributed by atoms with van der Waals surface area (Å²) in [6, 6.07) is 0. The third-order valence-electron chi connectivity index (χ3n) is 0. The normalized spacial score (nSPS) is 8.57. The van der Waals surface area contributed by atoms with Crippen molar-refractivity contribution in [1.29, 1.82) is 0 Å². The summed E-state index contributed by atoms with van der Waals surface area (Å²) in [6.45, 7) is 0. The van der Waals surface area contributed by atoms with Gasteiger partial charge in [0.2, 0.25) is 0 Å². The van der Waals surface area contributed by atoms with Crippen molar-refractivity contribution in [2.75, 3.05) is 0 Å². The Morgan fingerprint density at radius 1 is 1.14 bits per heavy atom. The Hall–Kier alpha value is 1.83. The molecule has 0 aromatic rings. The Labute approximate surface area is 85.0 Å². The molecule has 0 atom stereocenters. The smallest absolute Gasteiger partial charge is 1.00 e. The molecule has 0 saturated heterocycles. The predicted octanol–water partition coefficient (Wildman–Crippen LogP) is -6.62. The van der Waals surface area contributed by atoms with Crippen LogP contribution < -0.4 is 17.2 Å². The number of halogens is 1. The van der Waals surface area contributed by atoms with Crippen LogP contribution in [-0.2, 0) is 0 Å². The van der Waals surface area contributed by atoms with Crippen molar-refractivity contribution in [2.24, 2.45) is 0 Å². The summed E-state index contributed by atoms with van der Waals surface area (Å²) >= 11 is 0. The molecule has 0 aromatic heterocycles. The van der Waals surface area contributed by atoms with E-state index < -0.39 is 9.05 Å². The summed E-state index contributed by atoms with van der Waals surface area (Å²) in [5, 5.41) is 0. The van der Waals surface area contributed by atoms with Crippen LogP contribution in [0.25, 0.3) is 0 Å². The molecule has 0 aliphatic carbocycles. The zero-order valence-electron chi connectivity index (χ0n) is 3.33. The van der Waals surface area contributed by atoms with E-state index in [1.54, 1.807) is 0 Å². The van der Waals surface area contributed by atoms with Gasteiger partial charge in [-0.1, -0.05) is 0 Å². The summed E-state index contributed by atoms with van der Waals surface area (Å²) in [5.74, 6) is 0. The molecular weight excluding hydrogens is 215 g/mol. The van der Waals surface area contributed by atoms with Gasteiger partial charge in [0.25, 0.3) is 0 Å². The van der Waals surface area contributed by atoms with Crippen LogP contribution in [0.2, 0.25) is 0 Å². The molecule has 0 bridgehead atoms. The molecule has 7 heavy (non-hydrogen) atoms. The van der Waals surface area contributed by atoms with E-state index >= 15 is 0 Å². The maximum Gasteiger partial charge on any atom is 2.00 e. The average Bonchev–Trinajstić information content (AvgIpc) is 0.722. The Morgan fingerprint density at radius 2 is 1.14 bits per heavy atom. The number of hydrogen-bond donors (Lipinski definition) is 3. The van der Waals surface area contributed by atoms with E-state index in [1.165, 1.54) is 0 Å². The van der Waals surface area contributed by atoms with Crippen molar-refractivity contribution in [1.82, 2.24) is 0 Å². The van der Waals surface area contributed by atoms with E-state index in [9.17, 15) is 0 Å².